The molecule has 0 saturated heterocycles. The molecule has 152 valence electrons. The smallest absolute Gasteiger partial charge is 0.246 e. The summed E-state index contributed by atoms with van der Waals surface area (Å²) >= 11 is 0. The molecule has 1 heterocycles. The number of para-hydroxylation sites is 1. The third-order valence-corrected chi connectivity index (χ3v) is 5.32. The van der Waals surface area contributed by atoms with Crippen molar-refractivity contribution in [3.05, 3.63) is 66.3 Å². The summed E-state index contributed by atoms with van der Waals surface area (Å²) in [6, 6.07) is 13.3. The van der Waals surface area contributed by atoms with Crippen molar-refractivity contribution in [2.24, 2.45) is 0 Å². The second-order valence-electron chi connectivity index (χ2n) is 6.28. The van der Waals surface area contributed by atoms with Gasteiger partial charge in [0.2, 0.25) is 27.6 Å². The molecule has 0 saturated carbocycles. The first-order valence-electron chi connectivity index (χ1n) is 8.67. The van der Waals surface area contributed by atoms with Crippen LogP contribution in [-0.4, -0.2) is 36.8 Å². The maximum absolute atomic E-state index is 14.1. The number of sulfonamides is 1. The minimum Gasteiger partial charge on any atom is -0.345 e. The van der Waals surface area contributed by atoms with Crippen molar-refractivity contribution in [3.63, 3.8) is 0 Å². The van der Waals surface area contributed by atoms with Gasteiger partial charge in [-0.3, -0.25) is 9.10 Å². The Labute approximate surface area is 167 Å². The van der Waals surface area contributed by atoms with Crippen LogP contribution in [0.2, 0.25) is 0 Å². The third kappa shape index (κ3) is 4.77. The van der Waals surface area contributed by atoms with E-state index in [1.54, 1.807) is 0 Å². The number of amides is 1. The zero-order valence-electron chi connectivity index (χ0n) is 15.7. The first kappa shape index (κ1) is 20.5. The van der Waals surface area contributed by atoms with E-state index in [0.717, 1.165) is 22.2 Å². The van der Waals surface area contributed by atoms with Gasteiger partial charge < -0.3 is 9.84 Å². The lowest BCUT2D eigenvalue weighted by Gasteiger charge is -2.28. The highest BCUT2D eigenvalue weighted by Crippen LogP contribution is 2.24. The molecule has 1 atom stereocenters. The predicted octanol–water partition coefficient (Wildman–Crippen LogP) is 2.35. The lowest BCUT2D eigenvalue weighted by molar-refractivity contribution is -0.122. The fraction of sp³-hybridized carbons (Fsp3) is 0.211. The van der Waals surface area contributed by atoms with E-state index < -0.39 is 27.8 Å². The minimum atomic E-state index is -3.92. The van der Waals surface area contributed by atoms with Crippen LogP contribution in [0.15, 0.2) is 59.1 Å². The summed E-state index contributed by atoms with van der Waals surface area (Å²) in [5.74, 6) is -0.867. The zero-order valence-corrected chi connectivity index (χ0v) is 16.6. The SMILES string of the molecule is C[C@H](C(=O)NCc1nc(-c2ccccc2)no1)N(c1ccccc1F)S(C)(=O)=O. The van der Waals surface area contributed by atoms with Crippen molar-refractivity contribution in [2.75, 3.05) is 10.6 Å². The number of nitrogens with zero attached hydrogens (tertiary/aromatic N) is 3. The van der Waals surface area contributed by atoms with Crippen LogP contribution in [0.25, 0.3) is 11.4 Å². The van der Waals surface area contributed by atoms with E-state index in [9.17, 15) is 17.6 Å². The molecule has 1 amide bonds. The highest BCUT2D eigenvalue weighted by Gasteiger charge is 2.31. The molecule has 0 aliphatic carbocycles. The molecule has 3 rings (SSSR count). The first-order chi connectivity index (χ1) is 13.8. The molecule has 0 spiro atoms. The van der Waals surface area contributed by atoms with Gasteiger partial charge >= 0.3 is 0 Å². The monoisotopic (exact) mass is 418 g/mol. The van der Waals surface area contributed by atoms with E-state index in [4.69, 9.17) is 4.52 Å². The van der Waals surface area contributed by atoms with E-state index >= 15 is 0 Å². The van der Waals surface area contributed by atoms with E-state index in [2.05, 4.69) is 15.5 Å². The Morgan fingerprint density at radius 1 is 1.17 bits per heavy atom. The van der Waals surface area contributed by atoms with Crippen LogP contribution < -0.4 is 9.62 Å². The highest BCUT2D eigenvalue weighted by molar-refractivity contribution is 7.92. The quantitative estimate of drug-likeness (QED) is 0.631. The van der Waals surface area contributed by atoms with E-state index in [-0.39, 0.29) is 18.1 Å². The fourth-order valence-corrected chi connectivity index (χ4v) is 3.93. The molecule has 8 nitrogen and oxygen atoms in total. The summed E-state index contributed by atoms with van der Waals surface area (Å²) in [7, 11) is -3.92. The van der Waals surface area contributed by atoms with Crippen LogP contribution in [0.4, 0.5) is 10.1 Å². The fourth-order valence-electron chi connectivity index (χ4n) is 2.75. The molecule has 0 bridgehead atoms. The molecule has 0 aliphatic heterocycles. The number of carbonyl (C=O) groups excluding carboxylic acids is 1. The van der Waals surface area contributed by atoms with Crippen molar-refractivity contribution in [2.45, 2.75) is 19.5 Å². The van der Waals surface area contributed by atoms with Gasteiger partial charge in [0.05, 0.1) is 18.5 Å². The Morgan fingerprint density at radius 2 is 1.83 bits per heavy atom. The van der Waals surface area contributed by atoms with Crippen LogP contribution in [0.1, 0.15) is 12.8 Å². The first-order valence-corrected chi connectivity index (χ1v) is 10.5. The summed E-state index contributed by atoms with van der Waals surface area (Å²) < 4.78 is 44.4. The van der Waals surface area contributed by atoms with Crippen molar-refractivity contribution >= 4 is 21.6 Å². The Hall–Kier alpha value is -3.27. The lowest BCUT2D eigenvalue weighted by Crippen LogP contribution is -2.48. The van der Waals surface area contributed by atoms with E-state index in [1.807, 2.05) is 30.3 Å². The molecule has 3 aromatic rings. The Balaban J connectivity index is 1.73. The molecule has 2 aromatic carbocycles. The Morgan fingerprint density at radius 3 is 2.48 bits per heavy atom. The number of anilines is 1. The lowest BCUT2D eigenvalue weighted by atomic mass is 10.2. The molecule has 29 heavy (non-hydrogen) atoms. The van der Waals surface area contributed by atoms with E-state index in [1.165, 1.54) is 25.1 Å². The highest BCUT2D eigenvalue weighted by atomic mass is 32.2. The average Bonchev–Trinajstić information content (AvgIpc) is 3.16. The number of hydrogen-bond donors (Lipinski definition) is 1. The molecular weight excluding hydrogens is 399 g/mol. The predicted molar refractivity (Wildman–Crippen MR) is 105 cm³/mol. The van der Waals surface area contributed by atoms with Crippen molar-refractivity contribution in [3.8, 4) is 11.4 Å². The van der Waals surface area contributed by atoms with E-state index in [0.29, 0.717) is 5.82 Å². The molecule has 0 unspecified atom stereocenters. The number of rotatable bonds is 7. The number of halogens is 1. The van der Waals surface area contributed by atoms with Gasteiger partial charge in [0.1, 0.15) is 11.9 Å². The van der Waals surface area contributed by atoms with Crippen LogP contribution in [-0.2, 0) is 21.4 Å². The van der Waals surface area contributed by atoms with Gasteiger partial charge in [-0.05, 0) is 19.1 Å². The number of nitrogens with one attached hydrogen (secondary N) is 1. The second-order valence-corrected chi connectivity index (χ2v) is 8.14. The molecule has 0 radical (unpaired) electrons. The average molecular weight is 418 g/mol. The van der Waals surface area contributed by atoms with Crippen LogP contribution in [0, 0.1) is 5.82 Å². The Kier molecular flexibility index (Phi) is 5.92. The van der Waals surface area contributed by atoms with Gasteiger partial charge in [0, 0.05) is 5.56 Å². The molecular formula is C19H19FN4O4S. The van der Waals surface area contributed by atoms with Crippen LogP contribution in [0.5, 0.6) is 0 Å². The van der Waals surface area contributed by atoms with Gasteiger partial charge in [-0.15, -0.1) is 0 Å². The van der Waals surface area contributed by atoms with Gasteiger partial charge in [-0.25, -0.2) is 12.8 Å². The van der Waals surface area contributed by atoms with Crippen molar-refractivity contribution < 1.29 is 22.1 Å². The maximum Gasteiger partial charge on any atom is 0.246 e. The van der Waals surface area contributed by atoms with Gasteiger partial charge in [-0.2, -0.15) is 4.98 Å². The van der Waals surface area contributed by atoms with Crippen molar-refractivity contribution in [1.29, 1.82) is 0 Å². The van der Waals surface area contributed by atoms with Crippen LogP contribution in [0.3, 0.4) is 0 Å². The number of hydrogen-bond acceptors (Lipinski definition) is 6. The minimum absolute atomic E-state index is 0.0993. The summed E-state index contributed by atoms with van der Waals surface area (Å²) in [5.41, 5.74) is 0.548. The van der Waals surface area contributed by atoms with Crippen molar-refractivity contribution in [1.82, 2.24) is 15.5 Å². The number of benzene rings is 2. The third-order valence-electron chi connectivity index (χ3n) is 4.09. The molecule has 1 aromatic heterocycles. The summed E-state index contributed by atoms with van der Waals surface area (Å²) in [4.78, 5) is 16.7. The Bertz CT molecular complexity index is 1100. The molecule has 0 aliphatic rings. The molecule has 0 fully saturated rings. The standard InChI is InChI=1S/C19H19FN4O4S/c1-13(24(29(2,26)27)16-11-7-6-10-15(16)20)19(25)21-12-17-22-18(23-28-17)14-8-4-3-5-9-14/h3-11,13H,12H2,1-2H3,(H,21,25)/t13-/m1/s1. The zero-order chi connectivity index (χ0) is 21.0. The normalized spacial score (nSPS) is 12.4. The topological polar surface area (TPSA) is 105 Å². The maximum atomic E-state index is 14.1. The summed E-state index contributed by atoms with van der Waals surface area (Å²) in [6.45, 7) is 1.27. The van der Waals surface area contributed by atoms with Gasteiger partial charge in [0.15, 0.2) is 0 Å². The number of aromatic nitrogens is 2. The van der Waals surface area contributed by atoms with Crippen LogP contribution >= 0.6 is 0 Å². The van der Waals surface area contributed by atoms with Gasteiger partial charge in [0.25, 0.3) is 0 Å². The number of carbonyl (C=O) groups is 1. The molecule has 10 heteroatoms. The summed E-state index contributed by atoms with van der Waals surface area (Å²) in [6.07, 6.45) is 0.910. The second kappa shape index (κ2) is 8.39. The summed E-state index contributed by atoms with van der Waals surface area (Å²) in [5, 5.41) is 6.39. The van der Waals surface area contributed by atoms with Gasteiger partial charge in [-0.1, -0.05) is 47.6 Å². The largest absolute Gasteiger partial charge is 0.345 e. The molecule has 1 N–H and O–H groups in total.